The van der Waals surface area contributed by atoms with Crippen molar-refractivity contribution in [3.8, 4) is 0 Å². The van der Waals surface area contributed by atoms with Crippen molar-refractivity contribution in [3.63, 3.8) is 0 Å². The van der Waals surface area contributed by atoms with E-state index in [1.165, 1.54) is 12.8 Å². The Hall–Kier alpha value is -1.82. The summed E-state index contributed by atoms with van der Waals surface area (Å²) in [4.78, 5) is 13.6. The first-order valence-electron chi connectivity index (χ1n) is 8.50. The zero-order valence-electron chi connectivity index (χ0n) is 13.5. The second-order valence-corrected chi connectivity index (χ2v) is 6.87. The van der Waals surface area contributed by atoms with Crippen LogP contribution < -0.4 is 0 Å². The fraction of sp³-hybridized carbons (Fsp3) is 0.529. The Bertz CT molecular complexity index is 755. The topological polar surface area (TPSA) is 37.2 Å². The van der Waals surface area contributed by atoms with E-state index in [1.54, 1.807) is 6.07 Å². The maximum Gasteiger partial charge on any atom is 0.179 e. The van der Waals surface area contributed by atoms with Gasteiger partial charge in [0.1, 0.15) is 11.0 Å². The molecule has 2 aromatic rings. The predicted octanol–water partition coefficient (Wildman–Crippen LogP) is 3.54. The van der Waals surface area contributed by atoms with Gasteiger partial charge >= 0.3 is 0 Å². The number of aromatic nitrogens is 3. The Morgan fingerprint density at radius 2 is 2.04 bits per heavy atom. The van der Waals surface area contributed by atoms with Gasteiger partial charge in [-0.25, -0.2) is 9.97 Å². The molecule has 128 valence electrons. The number of unbranched alkanes of at least 4 members (excludes halogenated alkanes) is 1. The number of pyridine rings is 1. The van der Waals surface area contributed by atoms with E-state index in [-0.39, 0.29) is 6.67 Å². The molecule has 2 aromatic heterocycles. The number of fused-ring (bicyclic) bond motifs is 1. The van der Waals surface area contributed by atoms with Gasteiger partial charge in [0.2, 0.25) is 0 Å². The van der Waals surface area contributed by atoms with Gasteiger partial charge in [-0.1, -0.05) is 11.6 Å². The minimum Gasteiger partial charge on any atom is -0.356 e. The van der Waals surface area contributed by atoms with E-state index < -0.39 is 0 Å². The van der Waals surface area contributed by atoms with Crippen molar-refractivity contribution >= 4 is 22.8 Å². The number of halogens is 2. The van der Waals surface area contributed by atoms with E-state index in [0.717, 1.165) is 43.6 Å². The summed E-state index contributed by atoms with van der Waals surface area (Å²) in [5.41, 5.74) is 1.63. The molecule has 0 radical (unpaired) electrons. The van der Waals surface area contributed by atoms with Crippen LogP contribution in [0.4, 0.5) is 4.39 Å². The number of alkyl halides is 1. The molecule has 1 aliphatic heterocycles. The molecule has 0 saturated heterocycles. The van der Waals surface area contributed by atoms with Crippen molar-refractivity contribution in [3.05, 3.63) is 35.5 Å². The summed E-state index contributed by atoms with van der Waals surface area (Å²) in [6.07, 6.45) is 8.25. The van der Waals surface area contributed by atoms with Gasteiger partial charge in [-0.3, -0.25) is 4.39 Å². The minimum atomic E-state index is -0.281. The highest BCUT2D eigenvalue weighted by Crippen LogP contribution is 2.30. The highest BCUT2D eigenvalue weighted by molar-refractivity contribution is 6.29. The highest BCUT2D eigenvalue weighted by atomic mass is 35.5. The summed E-state index contributed by atoms with van der Waals surface area (Å²) in [7, 11) is 0. The van der Waals surface area contributed by atoms with Crippen molar-refractivity contribution in [2.45, 2.75) is 44.8 Å². The van der Waals surface area contributed by atoms with Crippen molar-refractivity contribution in [2.24, 2.45) is 0 Å². The van der Waals surface area contributed by atoms with E-state index in [2.05, 4.69) is 36.7 Å². The highest BCUT2D eigenvalue weighted by Gasteiger charge is 2.30. The van der Waals surface area contributed by atoms with Gasteiger partial charge in [0.05, 0.1) is 25.4 Å². The van der Waals surface area contributed by atoms with Crippen molar-refractivity contribution in [1.29, 1.82) is 0 Å². The van der Waals surface area contributed by atoms with Crippen LogP contribution in [0.25, 0.3) is 11.2 Å². The van der Waals surface area contributed by atoms with E-state index in [1.807, 2.05) is 6.07 Å². The molecule has 5 nitrogen and oxygen atoms in total. The Kier molecular flexibility index (Phi) is 4.31. The summed E-state index contributed by atoms with van der Waals surface area (Å²) in [6.45, 7) is 2.11. The third kappa shape index (κ3) is 3.20. The molecule has 4 rings (SSSR count). The van der Waals surface area contributed by atoms with Gasteiger partial charge in [0.25, 0.3) is 0 Å². The molecule has 2 aliphatic rings. The molecule has 1 fully saturated rings. The van der Waals surface area contributed by atoms with Crippen LogP contribution in [0.3, 0.4) is 0 Å². The zero-order valence-corrected chi connectivity index (χ0v) is 14.3. The largest absolute Gasteiger partial charge is 0.356 e. The van der Waals surface area contributed by atoms with Gasteiger partial charge < -0.3 is 14.4 Å². The van der Waals surface area contributed by atoms with Crippen LogP contribution in [0.15, 0.2) is 24.5 Å². The Labute approximate surface area is 145 Å². The SMILES string of the molecule is FCCCCn1c(CN2C=CN(C3CC3)C2)nc2nc(Cl)ccc21. The van der Waals surface area contributed by atoms with Crippen LogP contribution in [0.2, 0.25) is 5.15 Å². The minimum absolute atomic E-state index is 0.281. The summed E-state index contributed by atoms with van der Waals surface area (Å²) >= 11 is 6.00. The first kappa shape index (κ1) is 15.7. The number of hydrogen-bond donors (Lipinski definition) is 0. The van der Waals surface area contributed by atoms with Crippen molar-refractivity contribution in [2.75, 3.05) is 13.3 Å². The molecular formula is C17H21ClFN5. The third-order valence-corrected chi connectivity index (χ3v) is 4.81. The average Bonchev–Trinajstić information content (AvgIpc) is 3.23. The quantitative estimate of drug-likeness (QED) is 0.566. The van der Waals surface area contributed by atoms with E-state index in [4.69, 9.17) is 11.6 Å². The first-order chi connectivity index (χ1) is 11.7. The fourth-order valence-electron chi connectivity index (χ4n) is 3.18. The van der Waals surface area contributed by atoms with E-state index in [0.29, 0.717) is 17.2 Å². The number of rotatable bonds is 7. The Morgan fingerprint density at radius 1 is 1.17 bits per heavy atom. The lowest BCUT2D eigenvalue weighted by molar-refractivity contribution is 0.247. The van der Waals surface area contributed by atoms with Crippen LogP contribution in [-0.4, -0.2) is 43.7 Å². The molecule has 0 amide bonds. The molecule has 1 aliphatic carbocycles. The monoisotopic (exact) mass is 349 g/mol. The van der Waals surface area contributed by atoms with Crippen LogP contribution in [0.5, 0.6) is 0 Å². The molecule has 0 atom stereocenters. The Balaban J connectivity index is 1.56. The number of nitrogens with zero attached hydrogens (tertiary/aromatic N) is 5. The summed E-state index contributed by atoms with van der Waals surface area (Å²) < 4.78 is 14.6. The van der Waals surface area contributed by atoms with Gasteiger partial charge in [0, 0.05) is 25.0 Å². The lowest BCUT2D eigenvalue weighted by Crippen LogP contribution is -2.27. The average molecular weight is 350 g/mol. The lowest BCUT2D eigenvalue weighted by atomic mass is 10.3. The normalized spacial score (nSPS) is 17.4. The molecule has 1 saturated carbocycles. The molecular weight excluding hydrogens is 329 g/mol. The van der Waals surface area contributed by atoms with Crippen LogP contribution in [0, 0.1) is 0 Å². The summed E-state index contributed by atoms with van der Waals surface area (Å²) in [5.74, 6) is 0.959. The van der Waals surface area contributed by atoms with Gasteiger partial charge in [-0.2, -0.15) is 0 Å². The molecule has 0 bridgehead atoms. The molecule has 0 unspecified atom stereocenters. The van der Waals surface area contributed by atoms with Crippen molar-refractivity contribution < 1.29 is 4.39 Å². The van der Waals surface area contributed by atoms with Gasteiger partial charge in [0.15, 0.2) is 5.65 Å². The first-order valence-corrected chi connectivity index (χ1v) is 8.88. The maximum atomic E-state index is 12.5. The van der Waals surface area contributed by atoms with Gasteiger partial charge in [-0.05, 0) is 37.8 Å². The van der Waals surface area contributed by atoms with Crippen LogP contribution >= 0.6 is 11.6 Å². The van der Waals surface area contributed by atoms with Crippen molar-refractivity contribution in [1.82, 2.24) is 24.3 Å². The zero-order chi connectivity index (χ0) is 16.5. The number of hydrogen-bond acceptors (Lipinski definition) is 4. The lowest BCUT2D eigenvalue weighted by Gasteiger charge is -2.21. The third-order valence-electron chi connectivity index (χ3n) is 4.60. The fourth-order valence-corrected chi connectivity index (χ4v) is 3.32. The standard InChI is InChI=1S/C17H21ClFN5/c18-15-6-5-14-17(20-15)21-16(24(14)8-2-1-7-19)11-22-9-10-23(12-22)13-3-4-13/h5-6,9-10,13H,1-4,7-8,11-12H2. The van der Waals surface area contributed by atoms with E-state index >= 15 is 0 Å². The molecule has 0 N–H and O–H groups in total. The predicted molar refractivity (Wildman–Crippen MR) is 92.2 cm³/mol. The molecule has 0 aromatic carbocycles. The molecule has 3 heterocycles. The van der Waals surface area contributed by atoms with E-state index in [9.17, 15) is 4.39 Å². The Morgan fingerprint density at radius 3 is 2.83 bits per heavy atom. The van der Waals surface area contributed by atoms with Crippen LogP contribution in [-0.2, 0) is 13.1 Å². The molecule has 7 heteroatoms. The number of imidazole rings is 1. The second kappa shape index (κ2) is 6.59. The number of aryl methyl sites for hydroxylation is 1. The molecule has 0 spiro atoms. The second-order valence-electron chi connectivity index (χ2n) is 6.48. The van der Waals surface area contributed by atoms with Gasteiger partial charge in [-0.15, -0.1) is 0 Å². The summed E-state index contributed by atoms with van der Waals surface area (Å²) in [5, 5.41) is 0.448. The molecule has 24 heavy (non-hydrogen) atoms. The van der Waals surface area contributed by atoms with Crippen LogP contribution in [0.1, 0.15) is 31.5 Å². The maximum absolute atomic E-state index is 12.5. The smallest absolute Gasteiger partial charge is 0.179 e. The summed E-state index contributed by atoms with van der Waals surface area (Å²) in [6, 6.07) is 4.45.